The molecular formula is C12H9N3S. The molecule has 78 valence electrons. The lowest BCUT2D eigenvalue weighted by Crippen LogP contribution is -1.92. The zero-order valence-electron chi connectivity index (χ0n) is 8.42. The molecule has 0 fully saturated rings. The second-order valence-electron chi connectivity index (χ2n) is 3.47. The number of nitrogens with zero attached hydrogens (tertiary/aromatic N) is 2. The van der Waals surface area contributed by atoms with Gasteiger partial charge in [0.15, 0.2) is 0 Å². The van der Waals surface area contributed by atoms with Crippen LogP contribution in [0.15, 0.2) is 42.0 Å². The van der Waals surface area contributed by atoms with E-state index in [-0.39, 0.29) is 0 Å². The largest absolute Gasteiger partial charge is 0.398 e. The Morgan fingerprint density at radius 3 is 3.00 bits per heavy atom. The summed E-state index contributed by atoms with van der Waals surface area (Å²) in [5.74, 6) is 0. The van der Waals surface area contributed by atoms with E-state index in [1.165, 1.54) is 0 Å². The van der Waals surface area contributed by atoms with Crippen molar-refractivity contribution in [2.45, 2.75) is 0 Å². The van der Waals surface area contributed by atoms with Gasteiger partial charge in [-0.05, 0) is 23.6 Å². The molecule has 0 aliphatic carbocycles. The van der Waals surface area contributed by atoms with Crippen molar-refractivity contribution in [1.29, 1.82) is 0 Å². The molecule has 3 aromatic heterocycles. The molecule has 3 nitrogen and oxygen atoms in total. The van der Waals surface area contributed by atoms with Gasteiger partial charge in [-0.15, -0.1) is 11.3 Å². The molecule has 0 radical (unpaired) electrons. The third-order valence-corrected chi connectivity index (χ3v) is 3.31. The summed E-state index contributed by atoms with van der Waals surface area (Å²) >= 11 is 1.66. The van der Waals surface area contributed by atoms with Crippen molar-refractivity contribution in [1.82, 2.24) is 9.97 Å². The first kappa shape index (κ1) is 9.30. The van der Waals surface area contributed by atoms with Gasteiger partial charge in [-0.2, -0.15) is 0 Å². The zero-order chi connectivity index (χ0) is 11.0. The molecule has 16 heavy (non-hydrogen) atoms. The second-order valence-corrected chi connectivity index (χ2v) is 4.41. The molecule has 3 rings (SSSR count). The van der Waals surface area contributed by atoms with Gasteiger partial charge in [-0.1, -0.05) is 6.07 Å². The molecule has 0 saturated heterocycles. The van der Waals surface area contributed by atoms with E-state index in [1.807, 2.05) is 29.6 Å². The van der Waals surface area contributed by atoms with Crippen molar-refractivity contribution in [3.8, 4) is 10.6 Å². The van der Waals surface area contributed by atoms with Crippen molar-refractivity contribution in [2.24, 2.45) is 0 Å². The van der Waals surface area contributed by atoms with Crippen molar-refractivity contribution in [3.05, 3.63) is 42.0 Å². The van der Waals surface area contributed by atoms with Crippen LogP contribution in [-0.2, 0) is 0 Å². The fraction of sp³-hybridized carbons (Fsp3) is 0. The number of aromatic nitrogens is 2. The number of nitrogen functional groups attached to an aromatic ring is 1. The van der Waals surface area contributed by atoms with E-state index in [1.54, 1.807) is 23.7 Å². The van der Waals surface area contributed by atoms with Gasteiger partial charge in [0.05, 0.1) is 16.1 Å². The summed E-state index contributed by atoms with van der Waals surface area (Å²) in [7, 11) is 0. The molecule has 4 heteroatoms. The highest BCUT2D eigenvalue weighted by molar-refractivity contribution is 7.13. The fourth-order valence-corrected chi connectivity index (χ4v) is 2.33. The zero-order valence-corrected chi connectivity index (χ0v) is 9.24. The van der Waals surface area contributed by atoms with Gasteiger partial charge < -0.3 is 5.73 Å². The van der Waals surface area contributed by atoms with Gasteiger partial charge in [-0.25, -0.2) is 4.98 Å². The van der Waals surface area contributed by atoms with Crippen LogP contribution in [0.2, 0.25) is 0 Å². The van der Waals surface area contributed by atoms with Gasteiger partial charge in [0, 0.05) is 23.5 Å². The van der Waals surface area contributed by atoms with Crippen molar-refractivity contribution in [3.63, 3.8) is 0 Å². The fourth-order valence-electron chi connectivity index (χ4n) is 1.64. The molecule has 0 aromatic carbocycles. The monoisotopic (exact) mass is 227 g/mol. The summed E-state index contributed by atoms with van der Waals surface area (Å²) in [5, 5.41) is 2.94. The van der Waals surface area contributed by atoms with E-state index in [0.29, 0.717) is 0 Å². The summed E-state index contributed by atoms with van der Waals surface area (Å²) in [5.41, 5.74) is 8.52. The summed E-state index contributed by atoms with van der Waals surface area (Å²) in [6.07, 6.45) is 3.48. The number of hydrogen-bond acceptors (Lipinski definition) is 4. The van der Waals surface area contributed by atoms with Gasteiger partial charge in [0.25, 0.3) is 0 Å². The molecule has 0 bridgehead atoms. The van der Waals surface area contributed by atoms with E-state index < -0.39 is 0 Å². The lowest BCUT2D eigenvalue weighted by Gasteiger charge is -2.03. The number of thiophene rings is 1. The molecule has 0 saturated carbocycles. The molecular weight excluding hydrogens is 218 g/mol. The molecule has 0 aliphatic rings. The minimum atomic E-state index is 0.724. The van der Waals surface area contributed by atoms with E-state index in [0.717, 1.165) is 27.2 Å². The van der Waals surface area contributed by atoms with Crippen LogP contribution in [0.25, 0.3) is 21.5 Å². The molecule has 0 amide bonds. The average Bonchev–Trinajstić information content (AvgIpc) is 2.82. The Morgan fingerprint density at radius 1 is 1.25 bits per heavy atom. The first-order valence-electron chi connectivity index (χ1n) is 4.89. The Balaban J connectivity index is 2.29. The predicted octanol–water partition coefficient (Wildman–Crippen LogP) is 2.94. The minimum Gasteiger partial charge on any atom is -0.398 e. The SMILES string of the molecule is Nc1cc(-c2cccs2)nc2ccncc12. The summed E-state index contributed by atoms with van der Waals surface area (Å²) in [6.45, 7) is 0. The van der Waals surface area contributed by atoms with Gasteiger partial charge in [-0.3, -0.25) is 4.98 Å². The number of hydrogen-bond donors (Lipinski definition) is 1. The minimum absolute atomic E-state index is 0.724. The van der Waals surface area contributed by atoms with Crippen LogP contribution in [0.4, 0.5) is 5.69 Å². The Kier molecular flexibility index (Phi) is 2.08. The highest BCUT2D eigenvalue weighted by Gasteiger charge is 2.05. The van der Waals surface area contributed by atoms with Crippen molar-refractivity contribution in [2.75, 3.05) is 5.73 Å². The number of pyridine rings is 2. The van der Waals surface area contributed by atoms with Crippen molar-refractivity contribution >= 4 is 27.9 Å². The third-order valence-electron chi connectivity index (χ3n) is 2.42. The molecule has 0 atom stereocenters. The molecule has 0 aliphatic heterocycles. The molecule has 3 heterocycles. The first-order valence-corrected chi connectivity index (χ1v) is 5.77. The molecule has 0 unspecified atom stereocenters. The Morgan fingerprint density at radius 2 is 2.19 bits per heavy atom. The number of rotatable bonds is 1. The maximum absolute atomic E-state index is 5.99. The van der Waals surface area contributed by atoms with Crippen molar-refractivity contribution < 1.29 is 0 Å². The highest BCUT2D eigenvalue weighted by Crippen LogP contribution is 2.28. The standard InChI is InChI=1S/C12H9N3S/c13-9-6-11(12-2-1-5-16-12)15-10-3-4-14-7-8(9)10/h1-7H,(H2,13,15). The van der Waals surface area contributed by atoms with E-state index in [4.69, 9.17) is 5.73 Å². The lowest BCUT2D eigenvalue weighted by atomic mass is 10.2. The Bertz CT molecular complexity index is 632. The topological polar surface area (TPSA) is 51.8 Å². The Labute approximate surface area is 96.6 Å². The average molecular weight is 227 g/mol. The lowest BCUT2D eigenvalue weighted by molar-refractivity contribution is 1.33. The van der Waals surface area contributed by atoms with Crippen LogP contribution in [0.5, 0.6) is 0 Å². The maximum atomic E-state index is 5.99. The molecule has 0 spiro atoms. The maximum Gasteiger partial charge on any atom is 0.0829 e. The molecule has 2 N–H and O–H groups in total. The third kappa shape index (κ3) is 1.44. The van der Waals surface area contributed by atoms with Gasteiger partial charge >= 0.3 is 0 Å². The normalized spacial score (nSPS) is 10.8. The molecule has 3 aromatic rings. The van der Waals surface area contributed by atoms with Crippen LogP contribution in [-0.4, -0.2) is 9.97 Å². The van der Waals surface area contributed by atoms with Crippen LogP contribution in [0.3, 0.4) is 0 Å². The van der Waals surface area contributed by atoms with Crippen LogP contribution >= 0.6 is 11.3 Å². The quantitative estimate of drug-likeness (QED) is 0.695. The van der Waals surface area contributed by atoms with Crippen LogP contribution < -0.4 is 5.73 Å². The number of fused-ring (bicyclic) bond motifs is 1. The summed E-state index contributed by atoms with van der Waals surface area (Å²) in [6, 6.07) is 7.83. The summed E-state index contributed by atoms with van der Waals surface area (Å²) in [4.78, 5) is 9.75. The van der Waals surface area contributed by atoms with E-state index in [9.17, 15) is 0 Å². The van der Waals surface area contributed by atoms with E-state index >= 15 is 0 Å². The number of nitrogens with two attached hydrogens (primary N) is 1. The second kappa shape index (κ2) is 3.57. The smallest absolute Gasteiger partial charge is 0.0829 e. The summed E-state index contributed by atoms with van der Waals surface area (Å²) < 4.78 is 0. The van der Waals surface area contributed by atoms with Crippen LogP contribution in [0, 0.1) is 0 Å². The van der Waals surface area contributed by atoms with Gasteiger partial charge in [0.1, 0.15) is 0 Å². The van der Waals surface area contributed by atoms with Gasteiger partial charge in [0.2, 0.25) is 0 Å². The Hall–Kier alpha value is -1.94. The number of anilines is 1. The highest BCUT2D eigenvalue weighted by atomic mass is 32.1. The first-order chi connectivity index (χ1) is 7.84. The van der Waals surface area contributed by atoms with E-state index in [2.05, 4.69) is 9.97 Å². The predicted molar refractivity (Wildman–Crippen MR) is 67.3 cm³/mol. The van der Waals surface area contributed by atoms with Crippen LogP contribution in [0.1, 0.15) is 0 Å².